The number of thiophene rings is 1. The number of para-hydroxylation sites is 1. The second-order valence-electron chi connectivity index (χ2n) is 4.68. The molecule has 126 valence electrons. The minimum Gasteiger partial charge on any atom is -0.452 e. The number of ether oxygens (including phenoxy) is 1. The van der Waals surface area contributed by atoms with Gasteiger partial charge >= 0.3 is 12.0 Å². The monoisotopic (exact) mass is 347 g/mol. The number of anilines is 1. The number of imide groups is 1. The lowest BCUT2D eigenvalue weighted by atomic mass is 10.2. The maximum absolute atomic E-state index is 12.0. The number of hydrogen-bond acceptors (Lipinski definition) is 6. The Morgan fingerprint density at radius 2 is 1.92 bits per heavy atom. The Bertz CT molecular complexity index is 716. The second-order valence-corrected chi connectivity index (χ2v) is 5.71. The van der Waals surface area contributed by atoms with Gasteiger partial charge in [-0.15, -0.1) is 11.3 Å². The molecular weight excluding hydrogens is 330 g/mol. The number of carbonyl (C=O) groups is 3. The summed E-state index contributed by atoms with van der Waals surface area (Å²) < 4.78 is 4.91. The summed E-state index contributed by atoms with van der Waals surface area (Å²) in [5, 5.41) is 9.40. The van der Waals surface area contributed by atoms with E-state index in [9.17, 15) is 14.4 Å². The van der Waals surface area contributed by atoms with Gasteiger partial charge in [-0.25, -0.2) is 9.59 Å². The molecule has 0 bridgehead atoms. The van der Waals surface area contributed by atoms with Crippen molar-refractivity contribution in [2.24, 2.45) is 0 Å². The molecular formula is C16H17N3O4S. The molecule has 3 amide bonds. The molecule has 0 aliphatic carbocycles. The molecule has 0 aliphatic rings. The van der Waals surface area contributed by atoms with Crippen molar-refractivity contribution < 1.29 is 19.1 Å². The Kier molecular flexibility index (Phi) is 6.32. The van der Waals surface area contributed by atoms with Gasteiger partial charge in [-0.05, 0) is 23.6 Å². The Hall–Kier alpha value is -2.87. The minimum atomic E-state index is -0.700. The molecule has 0 saturated heterocycles. The highest BCUT2D eigenvalue weighted by Gasteiger charge is 2.14. The van der Waals surface area contributed by atoms with Crippen LogP contribution in [0.25, 0.3) is 0 Å². The molecule has 0 saturated carbocycles. The zero-order valence-electron chi connectivity index (χ0n) is 13.0. The maximum atomic E-state index is 12.0. The molecule has 0 radical (unpaired) electrons. The first-order valence-corrected chi connectivity index (χ1v) is 8.02. The molecule has 0 spiro atoms. The molecule has 7 nitrogen and oxygen atoms in total. The van der Waals surface area contributed by atoms with Crippen molar-refractivity contribution >= 4 is 34.9 Å². The van der Waals surface area contributed by atoms with Crippen molar-refractivity contribution in [1.82, 2.24) is 10.6 Å². The van der Waals surface area contributed by atoms with Gasteiger partial charge in [0.25, 0.3) is 5.91 Å². The zero-order chi connectivity index (χ0) is 17.4. The number of carbonyl (C=O) groups excluding carboxylic acids is 3. The minimum absolute atomic E-state index is 0.315. The molecule has 0 fully saturated rings. The van der Waals surface area contributed by atoms with Crippen LogP contribution >= 0.6 is 11.3 Å². The van der Waals surface area contributed by atoms with Crippen molar-refractivity contribution in [3.05, 3.63) is 52.2 Å². The van der Waals surface area contributed by atoms with Crippen molar-refractivity contribution in [2.75, 3.05) is 19.0 Å². The van der Waals surface area contributed by atoms with Crippen LogP contribution in [-0.4, -0.2) is 31.6 Å². The number of benzene rings is 1. The molecule has 0 unspecified atom stereocenters. The van der Waals surface area contributed by atoms with Crippen LogP contribution in [-0.2, 0) is 16.1 Å². The van der Waals surface area contributed by atoms with Crippen molar-refractivity contribution in [3.8, 4) is 0 Å². The van der Waals surface area contributed by atoms with Crippen LogP contribution in [0.15, 0.2) is 41.8 Å². The Labute approximate surface area is 143 Å². The highest BCUT2D eigenvalue weighted by molar-refractivity contribution is 7.09. The first kappa shape index (κ1) is 17.5. The average molecular weight is 347 g/mol. The third-order valence-corrected chi connectivity index (χ3v) is 3.88. The van der Waals surface area contributed by atoms with Gasteiger partial charge in [0.15, 0.2) is 6.61 Å². The molecule has 8 heteroatoms. The Balaban J connectivity index is 1.76. The Morgan fingerprint density at radius 3 is 2.62 bits per heavy atom. The van der Waals surface area contributed by atoms with E-state index in [-0.39, 0.29) is 0 Å². The summed E-state index contributed by atoms with van der Waals surface area (Å²) in [6.45, 7) is -0.213. The lowest BCUT2D eigenvalue weighted by Gasteiger charge is -2.09. The van der Waals surface area contributed by atoms with Gasteiger partial charge in [0, 0.05) is 17.6 Å². The fraction of sp³-hybridized carbons (Fsp3) is 0.188. The van der Waals surface area contributed by atoms with Crippen LogP contribution in [0.4, 0.5) is 10.5 Å². The standard InChI is InChI=1S/C16H17N3O4S/c1-17-13-7-3-2-6-12(13)15(21)23-10-14(20)19-16(22)18-9-11-5-4-8-24-11/h2-8,17H,9-10H2,1H3,(H2,18,19,20,22). The van der Waals surface area contributed by atoms with E-state index in [0.717, 1.165) is 4.88 Å². The van der Waals surface area contributed by atoms with E-state index in [0.29, 0.717) is 17.8 Å². The average Bonchev–Trinajstić information content (AvgIpc) is 3.11. The predicted molar refractivity (Wildman–Crippen MR) is 91.0 cm³/mol. The summed E-state index contributed by atoms with van der Waals surface area (Å²) in [7, 11) is 1.68. The normalized spacial score (nSPS) is 9.88. The summed E-state index contributed by atoms with van der Waals surface area (Å²) in [5.74, 6) is -1.34. The van der Waals surface area contributed by atoms with E-state index in [2.05, 4.69) is 16.0 Å². The molecule has 1 heterocycles. The van der Waals surface area contributed by atoms with Gasteiger partial charge < -0.3 is 15.4 Å². The van der Waals surface area contributed by atoms with Gasteiger partial charge in [0.05, 0.1) is 12.1 Å². The van der Waals surface area contributed by atoms with E-state index >= 15 is 0 Å². The first-order chi connectivity index (χ1) is 11.6. The molecule has 2 rings (SSSR count). The first-order valence-electron chi connectivity index (χ1n) is 7.14. The summed E-state index contributed by atoms with van der Waals surface area (Å²) in [6, 6.07) is 9.86. The van der Waals surface area contributed by atoms with Gasteiger partial charge in [0.2, 0.25) is 0 Å². The largest absolute Gasteiger partial charge is 0.452 e. The van der Waals surface area contributed by atoms with Gasteiger partial charge in [-0.3, -0.25) is 10.1 Å². The maximum Gasteiger partial charge on any atom is 0.340 e. The fourth-order valence-electron chi connectivity index (χ4n) is 1.88. The van der Waals surface area contributed by atoms with E-state index in [1.165, 1.54) is 11.3 Å². The molecule has 0 atom stereocenters. The van der Waals surface area contributed by atoms with Gasteiger partial charge in [0.1, 0.15) is 0 Å². The quantitative estimate of drug-likeness (QED) is 0.694. The SMILES string of the molecule is CNc1ccccc1C(=O)OCC(=O)NC(=O)NCc1cccs1. The van der Waals surface area contributed by atoms with Gasteiger partial charge in [-0.1, -0.05) is 18.2 Å². The smallest absolute Gasteiger partial charge is 0.340 e. The fourth-order valence-corrected chi connectivity index (χ4v) is 2.52. The van der Waals surface area contributed by atoms with Crippen molar-refractivity contribution in [1.29, 1.82) is 0 Å². The summed E-state index contributed by atoms with van der Waals surface area (Å²) >= 11 is 1.50. The van der Waals surface area contributed by atoms with E-state index in [1.807, 2.05) is 17.5 Å². The third kappa shape index (κ3) is 5.10. The molecule has 1 aromatic carbocycles. The van der Waals surface area contributed by atoms with Crippen LogP contribution in [0.3, 0.4) is 0 Å². The number of hydrogen-bond donors (Lipinski definition) is 3. The summed E-state index contributed by atoms with van der Waals surface area (Å²) in [6.07, 6.45) is 0. The van der Waals surface area contributed by atoms with Crippen LogP contribution < -0.4 is 16.0 Å². The zero-order valence-corrected chi connectivity index (χ0v) is 13.8. The number of nitrogens with one attached hydrogen (secondary N) is 3. The molecule has 1 aromatic heterocycles. The summed E-state index contributed by atoms with van der Waals surface area (Å²) in [5.41, 5.74) is 0.909. The Morgan fingerprint density at radius 1 is 1.12 bits per heavy atom. The second kappa shape index (κ2) is 8.68. The van der Waals surface area contributed by atoms with Crippen molar-refractivity contribution in [3.63, 3.8) is 0 Å². The van der Waals surface area contributed by atoms with Gasteiger partial charge in [-0.2, -0.15) is 0 Å². The van der Waals surface area contributed by atoms with E-state index < -0.39 is 24.5 Å². The van der Waals surface area contributed by atoms with E-state index in [4.69, 9.17) is 4.74 Å². The van der Waals surface area contributed by atoms with Crippen molar-refractivity contribution in [2.45, 2.75) is 6.54 Å². The van der Waals surface area contributed by atoms with Crippen LogP contribution in [0.1, 0.15) is 15.2 Å². The molecule has 3 N–H and O–H groups in total. The van der Waals surface area contributed by atoms with Crippen LogP contribution in [0.2, 0.25) is 0 Å². The number of urea groups is 1. The van der Waals surface area contributed by atoms with Crippen LogP contribution in [0.5, 0.6) is 0 Å². The topological polar surface area (TPSA) is 96.5 Å². The molecule has 2 aromatic rings. The van der Waals surface area contributed by atoms with Crippen LogP contribution in [0, 0.1) is 0 Å². The lowest BCUT2D eigenvalue weighted by Crippen LogP contribution is -2.41. The molecule has 0 aliphatic heterocycles. The predicted octanol–water partition coefficient (Wildman–Crippen LogP) is 1.97. The van der Waals surface area contributed by atoms with E-state index in [1.54, 1.807) is 31.3 Å². The number of amides is 3. The highest BCUT2D eigenvalue weighted by atomic mass is 32.1. The lowest BCUT2D eigenvalue weighted by molar-refractivity contribution is -0.123. The number of rotatable bonds is 6. The summed E-state index contributed by atoms with van der Waals surface area (Å²) in [4.78, 5) is 36.1. The molecule has 24 heavy (non-hydrogen) atoms. The number of esters is 1. The highest BCUT2D eigenvalue weighted by Crippen LogP contribution is 2.15. The third-order valence-electron chi connectivity index (χ3n) is 3.01.